The predicted octanol–water partition coefficient (Wildman–Crippen LogP) is 7.44. The molecule has 2 aromatic heterocycles. The number of para-hydroxylation sites is 2. The summed E-state index contributed by atoms with van der Waals surface area (Å²) in [6.07, 6.45) is 1.95. The summed E-state index contributed by atoms with van der Waals surface area (Å²) in [5.74, 6) is 0.470. The topological polar surface area (TPSA) is 24.4 Å². The number of benzene rings is 2. The van der Waals surface area contributed by atoms with Crippen LogP contribution in [0.15, 0.2) is 89.9 Å². The molecule has 1 N–H and O–H groups in total. The monoisotopic (exact) mass is 402 g/mol. The summed E-state index contributed by atoms with van der Waals surface area (Å²) in [4.78, 5) is 9.76. The zero-order valence-corrected chi connectivity index (χ0v) is 17.3. The molecule has 2 heterocycles. The van der Waals surface area contributed by atoms with Gasteiger partial charge in [-0.05, 0) is 48.5 Å². The van der Waals surface area contributed by atoms with Crippen LogP contribution in [0.1, 0.15) is 22.6 Å². The number of anilines is 1. The Labute approximate surface area is 174 Å². The Balaban J connectivity index is 1.40. The van der Waals surface area contributed by atoms with E-state index in [1.54, 1.807) is 11.3 Å². The van der Waals surface area contributed by atoms with Crippen LogP contribution < -0.4 is 5.32 Å². The van der Waals surface area contributed by atoms with E-state index in [4.69, 9.17) is 0 Å². The van der Waals surface area contributed by atoms with E-state index >= 15 is 0 Å². The van der Waals surface area contributed by atoms with Crippen molar-refractivity contribution in [2.45, 2.75) is 12.8 Å². The molecule has 4 rings (SSSR count). The third kappa shape index (κ3) is 4.77. The second-order valence-electron chi connectivity index (χ2n) is 6.65. The number of thiophene rings is 2. The Morgan fingerprint density at radius 1 is 0.821 bits per heavy atom. The first-order valence-electron chi connectivity index (χ1n) is 9.36. The van der Waals surface area contributed by atoms with Crippen LogP contribution in [0.4, 0.5) is 11.4 Å². The largest absolute Gasteiger partial charge is 0.384 e. The maximum absolute atomic E-state index is 4.55. The molecule has 4 heteroatoms. The van der Waals surface area contributed by atoms with Crippen LogP contribution in [0.5, 0.6) is 0 Å². The van der Waals surface area contributed by atoms with Gasteiger partial charge in [0.05, 0.1) is 5.69 Å². The smallest absolute Gasteiger partial charge is 0.0630 e. The van der Waals surface area contributed by atoms with Gasteiger partial charge in [0.25, 0.3) is 0 Å². The van der Waals surface area contributed by atoms with E-state index < -0.39 is 0 Å². The van der Waals surface area contributed by atoms with Crippen molar-refractivity contribution < 1.29 is 0 Å². The fourth-order valence-corrected chi connectivity index (χ4v) is 4.91. The summed E-state index contributed by atoms with van der Waals surface area (Å²) in [6.45, 7) is 3.21. The van der Waals surface area contributed by atoms with Crippen molar-refractivity contribution >= 4 is 40.3 Å². The van der Waals surface area contributed by atoms with Gasteiger partial charge in [0.1, 0.15) is 0 Å². The molecule has 28 heavy (non-hydrogen) atoms. The van der Waals surface area contributed by atoms with Crippen molar-refractivity contribution in [3.63, 3.8) is 0 Å². The zero-order valence-electron chi connectivity index (χ0n) is 15.7. The maximum atomic E-state index is 4.55. The summed E-state index contributed by atoms with van der Waals surface area (Å²) in [5.41, 5.74) is 2.15. The highest BCUT2D eigenvalue weighted by Crippen LogP contribution is 2.36. The average Bonchev–Trinajstić information content (AvgIpc) is 3.42. The molecule has 0 spiro atoms. The molecule has 0 saturated heterocycles. The van der Waals surface area contributed by atoms with Crippen LogP contribution in [-0.4, -0.2) is 12.8 Å². The van der Waals surface area contributed by atoms with Crippen LogP contribution >= 0.6 is 22.7 Å². The Kier molecular flexibility index (Phi) is 6.00. The van der Waals surface area contributed by atoms with Crippen LogP contribution in [0.3, 0.4) is 0 Å². The molecule has 0 radical (unpaired) electrons. The number of hydrogen-bond acceptors (Lipinski definition) is 4. The maximum Gasteiger partial charge on any atom is 0.0630 e. The highest BCUT2D eigenvalue weighted by atomic mass is 32.1. The second kappa shape index (κ2) is 9.00. The van der Waals surface area contributed by atoms with Crippen molar-refractivity contribution in [2.75, 3.05) is 11.9 Å². The molecule has 0 aliphatic heterocycles. The summed E-state index contributed by atoms with van der Waals surface area (Å²) < 4.78 is 0. The fraction of sp³-hybridized carbons (Fsp3) is 0.125. The molecule has 1 unspecified atom stereocenters. The molecular formula is C24H22N2S2. The minimum Gasteiger partial charge on any atom is -0.384 e. The average molecular weight is 403 g/mol. The molecule has 140 valence electrons. The first kappa shape index (κ1) is 18.7. The van der Waals surface area contributed by atoms with Crippen LogP contribution in [0.25, 0.3) is 9.75 Å². The SMILES string of the molecule is CC(CNc1ccccc1)c1ccc(-c2ccc(/C=N\c3ccccc3)s2)s1. The van der Waals surface area contributed by atoms with Gasteiger partial charge in [0, 0.05) is 43.9 Å². The van der Waals surface area contributed by atoms with Gasteiger partial charge in [-0.2, -0.15) is 0 Å². The molecular weight excluding hydrogens is 380 g/mol. The van der Waals surface area contributed by atoms with E-state index in [0.29, 0.717) is 5.92 Å². The third-order valence-corrected chi connectivity index (χ3v) is 7.00. The number of aliphatic imine (C=N–C) groups is 1. The Morgan fingerprint density at radius 3 is 2.29 bits per heavy atom. The van der Waals surface area contributed by atoms with Crippen molar-refractivity contribution in [3.8, 4) is 9.75 Å². The normalized spacial score (nSPS) is 12.3. The van der Waals surface area contributed by atoms with Gasteiger partial charge in [-0.3, -0.25) is 4.99 Å². The van der Waals surface area contributed by atoms with Gasteiger partial charge >= 0.3 is 0 Å². The fourth-order valence-electron chi connectivity index (χ4n) is 2.88. The van der Waals surface area contributed by atoms with E-state index in [-0.39, 0.29) is 0 Å². The van der Waals surface area contributed by atoms with Crippen molar-refractivity contribution in [3.05, 3.63) is 94.7 Å². The highest BCUT2D eigenvalue weighted by Gasteiger charge is 2.11. The first-order valence-corrected chi connectivity index (χ1v) is 11.0. The zero-order chi connectivity index (χ0) is 19.2. The van der Waals surface area contributed by atoms with Crippen LogP contribution in [0, 0.1) is 0 Å². The number of hydrogen-bond donors (Lipinski definition) is 1. The standard InChI is InChI=1S/C24H22N2S2/c1-18(16-25-19-8-4-2-5-9-19)22-14-15-24(28-22)23-13-12-21(27-23)17-26-20-10-6-3-7-11-20/h2-15,17-18,25H,16H2,1H3/b26-17-. The minimum atomic E-state index is 0.470. The summed E-state index contributed by atoms with van der Waals surface area (Å²) >= 11 is 3.67. The summed E-state index contributed by atoms with van der Waals surface area (Å²) in [6, 6.07) is 29.3. The van der Waals surface area contributed by atoms with E-state index in [1.165, 1.54) is 25.2 Å². The Morgan fingerprint density at radius 2 is 1.50 bits per heavy atom. The summed E-state index contributed by atoms with van der Waals surface area (Å²) in [7, 11) is 0. The van der Waals surface area contributed by atoms with E-state index in [1.807, 2.05) is 53.9 Å². The van der Waals surface area contributed by atoms with E-state index in [0.717, 1.165) is 12.2 Å². The first-order chi connectivity index (χ1) is 13.8. The Bertz CT molecular complexity index is 1030. The van der Waals surface area contributed by atoms with E-state index in [2.05, 4.69) is 65.8 Å². The minimum absolute atomic E-state index is 0.470. The molecule has 1 atom stereocenters. The van der Waals surface area contributed by atoms with E-state index in [9.17, 15) is 0 Å². The van der Waals surface area contributed by atoms with Gasteiger partial charge in [-0.15, -0.1) is 22.7 Å². The molecule has 2 nitrogen and oxygen atoms in total. The van der Waals surface area contributed by atoms with Crippen LogP contribution in [0.2, 0.25) is 0 Å². The lowest BCUT2D eigenvalue weighted by atomic mass is 10.1. The molecule has 0 amide bonds. The molecule has 0 saturated carbocycles. The Hall–Kier alpha value is -2.69. The lowest BCUT2D eigenvalue weighted by molar-refractivity contribution is 0.823. The summed E-state index contributed by atoms with van der Waals surface area (Å²) in [5, 5.41) is 3.52. The van der Waals surface area contributed by atoms with Gasteiger partial charge < -0.3 is 5.32 Å². The number of nitrogens with one attached hydrogen (secondary N) is 1. The molecule has 0 aliphatic rings. The van der Waals surface area contributed by atoms with Crippen molar-refractivity contribution in [2.24, 2.45) is 4.99 Å². The molecule has 4 aromatic rings. The van der Waals surface area contributed by atoms with Gasteiger partial charge in [0.2, 0.25) is 0 Å². The second-order valence-corrected chi connectivity index (χ2v) is 8.88. The molecule has 0 bridgehead atoms. The van der Waals surface area contributed by atoms with Crippen molar-refractivity contribution in [1.82, 2.24) is 0 Å². The highest BCUT2D eigenvalue weighted by molar-refractivity contribution is 7.23. The van der Waals surface area contributed by atoms with Gasteiger partial charge in [-0.1, -0.05) is 43.3 Å². The third-order valence-electron chi connectivity index (χ3n) is 4.47. The van der Waals surface area contributed by atoms with Gasteiger partial charge in [0.15, 0.2) is 0 Å². The lowest BCUT2D eigenvalue weighted by Gasteiger charge is -2.11. The predicted molar refractivity (Wildman–Crippen MR) is 125 cm³/mol. The molecule has 0 aliphatic carbocycles. The number of rotatable bonds is 7. The number of nitrogens with zero attached hydrogens (tertiary/aromatic N) is 1. The van der Waals surface area contributed by atoms with Crippen molar-refractivity contribution in [1.29, 1.82) is 0 Å². The van der Waals surface area contributed by atoms with Gasteiger partial charge in [-0.25, -0.2) is 0 Å². The quantitative estimate of drug-likeness (QED) is 0.319. The lowest BCUT2D eigenvalue weighted by Crippen LogP contribution is -2.08. The molecule has 0 fully saturated rings. The molecule has 2 aromatic carbocycles. The van der Waals surface area contributed by atoms with Crippen LogP contribution in [-0.2, 0) is 0 Å².